The first-order chi connectivity index (χ1) is 12.1. The summed E-state index contributed by atoms with van der Waals surface area (Å²) >= 11 is 11.2. The first-order valence-electron chi connectivity index (χ1n) is 8.56. The predicted octanol–water partition coefficient (Wildman–Crippen LogP) is 4.88. The maximum absolute atomic E-state index is 10.2. The van der Waals surface area contributed by atoms with Gasteiger partial charge in [-0.3, -0.25) is 0 Å². The third-order valence-electron chi connectivity index (χ3n) is 3.58. The van der Waals surface area contributed by atoms with Crippen molar-refractivity contribution in [3.8, 4) is 11.5 Å². The van der Waals surface area contributed by atoms with E-state index in [2.05, 4.69) is 13.8 Å². The second-order valence-electron chi connectivity index (χ2n) is 5.38. The van der Waals surface area contributed by atoms with Crippen LogP contribution in [0, 0.1) is 0 Å². The highest BCUT2D eigenvalue weighted by Crippen LogP contribution is 2.31. The largest absolute Gasteiger partial charge is 0.493 e. The third-order valence-corrected chi connectivity index (χ3v) is 3.89. The number of ether oxygens (including phenoxy) is 3. The Morgan fingerprint density at radius 1 is 1.00 bits per heavy atom. The molecule has 1 aromatic rings. The quantitative estimate of drug-likeness (QED) is 0.356. The lowest BCUT2D eigenvalue weighted by Gasteiger charge is -2.17. The van der Waals surface area contributed by atoms with Gasteiger partial charge in [0.25, 0.3) is 0 Å². The van der Waals surface area contributed by atoms with Crippen LogP contribution in [0.2, 0.25) is 0 Å². The highest BCUT2D eigenvalue weighted by molar-refractivity contribution is 6.55. The van der Waals surface area contributed by atoms with Crippen LogP contribution in [0.5, 0.6) is 11.5 Å². The molecule has 140 valence electrons. The minimum absolute atomic E-state index is 0.159. The lowest BCUT2D eigenvalue weighted by atomic mass is 10.0. The van der Waals surface area contributed by atoms with E-state index in [1.165, 1.54) is 0 Å². The molecule has 0 aliphatic heterocycles. The standard InChI is InChI=1S/C19H26Cl2O4/c1-3-15-13-17(24-11-7-18(20)21)14-16(4-2)19(15)25-10-6-5-9-23-12-8-22/h7-8,13-14H,3-6,9-12H2,1-2H3. The minimum Gasteiger partial charge on any atom is -0.493 e. The lowest BCUT2D eigenvalue weighted by molar-refractivity contribution is -0.111. The number of aryl methyl sites for hydroxylation is 2. The van der Waals surface area contributed by atoms with Gasteiger partial charge in [-0.1, -0.05) is 37.0 Å². The Hall–Kier alpha value is -1.23. The zero-order chi connectivity index (χ0) is 18.5. The molecular formula is C19H26Cl2O4. The van der Waals surface area contributed by atoms with Crippen LogP contribution in [0.15, 0.2) is 22.7 Å². The van der Waals surface area contributed by atoms with Crippen LogP contribution in [-0.2, 0) is 22.4 Å². The van der Waals surface area contributed by atoms with Crippen molar-refractivity contribution in [3.63, 3.8) is 0 Å². The molecule has 1 rings (SSSR count). The minimum atomic E-state index is 0.159. The van der Waals surface area contributed by atoms with Gasteiger partial charge in [0.15, 0.2) is 0 Å². The van der Waals surface area contributed by atoms with Gasteiger partial charge in [0, 0.05) is 6.61 Å². The van der Waals surface area contributed by atoms with Crippen LogP contribution in [0.1, 0.15) is 37.8 Å². The molecule has 0 unspecified atom stereocenters. The monoisotopic (exact) mass is 388 g/mol. The molecular weight excluding hydrogens is 363 g/mol. The molecule has 0 atom stereocenters. The number of carbonyl (C=O) groups excluding carboxylic acids is 1. The summed E-state index contributed by atoms with van der Waals surface area (Å²) in [5.74, 6) is 1.73. The summed E-state index contributed by atoms with van der Waals surface area (Å²) in [5, 5.41) is 0. The van der Waals surface area contributed by atoms with Gasteiger partial charge in [-0.25, -0.2) is 0 Å². The number of unbranched alkanes of at least 4 members (excludes halogenated alkanes) is 1. The van der Waals surface area contributed by atoms with Gasteiger partial charge < -0.3 is 19.0 Å². The van der Waals surface area contributed by atoms with Crippen molar-refractivity contribution >= 4 is 29.5 Å². The van der Waals surface area contributed by atoms with Crippen LogP contribution in [0.3, 0.4) is 0 Å². The number of aldehydes is 1. The highest BCUT2D eigenvalue weighted by atomic mass is 35.5. The zero-order valence-electron chi connectivity index (χ0n) is 14.9. The number of hydrogen-bond donors (Lipinski definition) is 0. The second-order valence-corrected chi connectivity index (χ2v) is 6.39. The van der Waals surface area contributed by atoms with Crippen molar-refractivity contribution in [2.24, 2.45) is 0 Å². The summed E-state index contributed by atoms with van der Waals surface area (Å²) in [7, 11) is 0. The number of rotatable bonds is 13. The van der Waals surface area contributed by atoms with Gasteiger partial charge in [0.05, 0.1) is 6.61 Å². The van der Waals surface area contributed by atoms with E-state index in [1.54, 1.807) is 6.08 Å². The molecule has 1 aromatic carbocycles. The fourth-order valence-electron chi connectivity index (χ4n) is 2.33. The van der Waals surface area contributed by atoms with Gasteiger partial charge >= 0.3 is 0 Å². The molecule has 6 heteroatoms. The predicted molar refractivity (Wildman–Crippen MR) is 102 cm³/mol. The normalized spacial score (nSPS) is 10.4. The van der Waals surface area contributed by atoms with Crippen molar-refractivity contribution in [3.05, 3.63) is 33.8 Å². The maximum Gasteiger partial charge on any atom is 0.145 e. The van der Waals surface area contributed by atoms with Crippen LogP contribution < -0.4 is 9.47 Å². The van der Waals surface area contributed by atoms with E-state index in [9.17, 15) is 4.79 Å². The smallest absolute Gasteiger partial charge is 0.145 e. The van der Waals surface area contributed by atoms with E-state index >= 15 is 0 Å². The van der Waals surface area contributed by atoms with Crippen LogP contribution >= 0.6 is 23.2 Å². The third kappa shape index (κ3) is 8.61. The molecule has 0 saturated heterocycles. The molecule has 0 heterocycles. The molecule has 0 N–H and O–H groups in total. The number of carbonyl (C=O) groups is 1. The zero-order valence-corrected chi connectivity index (χ0v) is 16.4. The molecule has 0 fully saturated rings. The average molecular weight is 389 g/mol. The summed E-state index contributed by atoms with van der Waals surface area (Å²) in [6, 6.07) is 4.00. The lowest BCUT2D eigenvalue weighted by Crippen LogP contribution is -2.06. The van der Waals surface area contributed by atoms with Crippen molar-refractivity contribution in [2.75, 3.05) is 26.4 Å². The van der Waals surface area contributed by atoms with Crippen LogP contribution in [0.25, 0.3) is 0 Å². The Bertz CT molecular complexity index is 529. The van der Waals surface area contributed by atoms with Gasteiger partial charge in [-0.2, -0.15) is 0 Å². The number of benzene rings is 1. The van der Waals surface area contributed by atoms with Crippen molar-refractivity contribution in [2.45, 2.75) is 39.5 Å². The van der Waals surface area contributed by atoms with Gasteiger partial charge in [0.1, 0.15) is 35.5 Å². The van der Waals surface area contributed by atoms with E-state index in [0.717, 1.165) is 54.6 Å². The SMILES string of the molecule is CCc1cc(OCC=C(Cl)Cl)cc(CC)c1OCCCCOCC=O. The van der Waals surface area contributed by atoms with Gasteiger partial charge in [-0.05, 0) is 55.0 Å². The second kappa shape index (κ2) is 13.0. The Morgan fingerprint density at radius 3 is 2.20 bits per heavy atom. The van der Waals surface area contributed by atoms with E-state index in [1.807, 2.05) is 12.1 Å². The van der Waals surface area contributed by atoms with Crippen molar-refractivity contribution in [1.29, 1.82) is 0 Å². The first-order valence-corrected chi connectivity index (χ1v) is 9.31. The van der Waals surface area contributed by atoms with Crippen LogP contribution in [0.4, 0.5) is 0 Å². The summed E-state index contributed by atoms with van der Waals surface area (Å²) in [6.45, 7) is 5.87. The van der Waals surface area contributed by atoms with Crippen molar-refractivity contribution in [1.82, 2.24) is 0 Å². The van der Waals surface area contributed by atoms with Crippen molar-refractivity contribution < 1.29 is 19.0 Å². The molecule has 0 aromatic heterocycles. The summed E-state index contributed by atoms with van der Waals surface area (Å²) in [4.78, 5) is 10.2. The molecule has 25 heavy (non-hydrogen) atoms. The van der Waals surface area contributed by atoms with Gasteiger partial charge in [0.2, 0.25) is 0 Å². The molecule has 0 saturated carbocycles. The molecule has 0 radical (unpaired) electrons. The molecule has 0 aliphatic rings. The fraction of sp³-hybridized carbons (Fsp3) is 0.526. The van der Waals surface area contributed by atoms with E-state index < -0.39 is 0 Å². The molecule has 0 amide bonds. The average Bonchev–Trinajstić information content (AvgIpc) is 2.60. The van der Waals surface area contributed by atoms with E-state index in [4.69, 9.17) is 37.4 Å². The first kappa shape index (κ1) is 21.8. The van der Waals surface area contributed by atoms with Crippen LogP contribution in [-0.4, -0.2) is 32.7 Å². The van der Waals surface area contributed by atoms with Gasteiger partial charge in [-0.15, -0.1) is 0 Å². The van der Waals surface area contributed by atoms with E-state index in [-0.39, 0.29) is 11.1 Å². The Balaban J connectivity index is 2.65. The Morgan fingerprint density at radius 2 is 1.64 bits per heavy atom. The molecule has 0 spiro atoms. The maximum atomic E-state index is 10.2. The fourth-order valence-corrected chi connectivity index (χ4v) is 2.46. The number of halogens is 2. The molecule has 0 aliphatic carbocycles. The van der Waals surface area contributed by atoms with E-state index in [0.29, 0.717) is 19.8 Å². The summed E-state index contributed by atoms with van der Waals surface area (Å²) in [5.41, 5.74) is 2.24. The topological polar surface area (TPSA) is 44.8 Å². The molecule has 4 nitrogen and oxygen atoms in total. The summed E-state index contributed by atoms with van der Waals surface area (Å²) < 4.78 is 17.0. The summed E-state index contributed by atoms with van der Waals surface area (Å²) in [6.07, 6.45) is 5.82. The number of hydrogen-bond acceptors (Lipinski definition) is 4. The Kier molecular flexibility index (Phi) is 11.4. The highest BCUT2D eigenvalue weighted by Gasteiger charge is 2.11. The Labute approximate surface area is 160 Å². The molecule has 0 bridgehead atoms.